The van der Waals surface area contributed by atoms with Crippen LogP contribution in [0.25, 0.3) is 0 Å². The molecule has 0 bridgehead atoms. The molecule has 3 N–H and O–H groups in total. The van der Waals surface area contributed by atoms with Crippen molar-refractivity contribution >= 4 is 5.71 Å². The second-order valence-corrected chi connectivity index (χ2v) is 3.05. The highest BCUT2D eigenvalue weighted by molar-refractivity contribution is 5.99. The summed E-state index contributed by atoms with van der Waals surface area (Å²) in [6, 6.07) is 0. The van der Waals surface area contributed by atoms with Gasteiger partial charge in [0.15, 0.2) is 0 Å². The molecule has 1 aliphatic rings. The lowest BCUT2D eigenvalue weighted by molar-refractivity contribution is 0.387. The Bertz CT molecular complexity index is 265. The van der Waals surface area contributed by atoms with Crippen LogP contribution in [0.5, 0.6) is 0 Å². The number of nitrogens with two attached hydrogens (primary N) is 1. The first-order valence-corrected chi connectivity index (χ1v) is 4.24. The van der Waals surface area contributed by atoms with Crippen molar-refractivity contribution in [1.29, 1.82) is 0 Å². The fourth-order valence-electron chi connectivity index (χ4n) is 1.37. The van der Waals surface area contributed by atoms with Gasteiger partial charge in [0.05, 0.1) is 0 Å². The van der Waals surface area contributed by atoms with Crippen LogP contribution in [0.2, 0.25) is 0 Å². The van der Waals surface area contributed by atoms with Crippen LogP contribution in [0.4, 0.5) is 0 Å². The highest BCUT2D eigenvalue weighted by Crippen LogP contribution is 2.16. The molecule has 0 spiro atoms. The molecule has 1 aliphatic heterocycles. The predicted octanol–water partition coefficient (Wildman–Crippen LogP) is 0.601. The van der Waals surface area contributed by atoms with Crippen molar-refractivity contribution in [2.75, 3.05) is 13.7 Å². The lowest BCUT2D eigenvalue weighted by atomic mass is 10.1. The first-order valence-electron chi connectivity index (χ1n) is 4.24. The van der Waals surface area contributed by atoms with E-state index >= 15 is 0 Å². The predicted molar refractivity (Wildman–Crippen MR) is 54.9 cm³/mol. The van der Waals surface area contributed by atoms with Crippen LogP contribution < -0.4 is 11.3 Å². The molecule has 0 radical (unpaired) electrons. The van der Waals surface area contributed by atoms with E-state index in [0.717, 1.165) is 23.5 Å². The molecular formula is C9H16N4. The summed E-state index contributed by atoms with van der Waals surface area (Å²) >= 11 is 0. The largest absolute Gasteiger partial charge is 0.341 e. The summed E-state index contributed by atoms with van der Waals surface area (Å²) in [5.74, 6) is 6.38. The first kappa shape index (κ1) is 9.80. The molecule has 0 aliphatic carbocycles. The molecule has 0 aromatic carbocycles. The van der Waals surface area contributed by atoms with E-state index in [-0.39, 0.29) is 0 Å². The van der Waals surface area contributed by atoms with Crippen LogP contribution in [-0.4, -0.2) is 24.3 Å². The fraction of sp³-hybridized carbons (Fsp3) is 0.444. The Morgan fingerprint density at radius 2 is 2.46 bits per heavy atom. The number of rotatable bonds is 3. The fourth-order valence-corrected chi connectivity index (χ4v) is 1.37. The Kier molecular flexibility index (Phi) is 3.08. The van der Waals surface area contributed by atoms with E-state index in [1.54, 1.807) is 0 Å². The van der Waals surface area contributed by atoms with Crippen LogP contribution in [0.15, 0.2) is 29.0 Å². The van der Waals surface area contributed by atoms with Crippen molar-refractivity contribution in [2.45, 2.75) is 13.3 Å². The van der Waals surface area contributed by atoms with Crippen molar-refractivity contribution in [3.05, 3.63) is 24.0 Å². The maximum atomic E-state index is 5.44. The smallest absolute Gasteiger partial charge is 0.122 e. The topological polar surface area (TPSA) is 53.6 Å². The summed E-state index contributed by atoms with van der Waals surface area (Å²) in [7, 11) is 1.95. The Balaban J connectivity index is 3.00. The molecule has 0 amide bonds. The molecule has 0 atom stereocenters. The number of nitrogens with zero attached hydrogens (tertiary/aromatic N) is 2. The van der Waals surface area contributed by atoms with Crippen molar-refractivity contribution in [1.82, 2.24) is 10.3 Å². The highest BCUT2D eigenvalue weighted by atomic mass is 15.4. The monoisotopic (exact) mass is 180 g/mol. The maximum absolute atomic E-state index is 5.44. The molecule has 0 saturated heterocycles. The normalized spacial score (nSPS) is 17.2. The Morgan fingerprint density at radius 1 is 1.77 bits per heavy atom. The minimum atomic E-state index is 0.659. The molecule has 0 aromatic rings. The van der Waals surface area contributed by atoms with Gasteiger partial charge in [-0.05, 0) is 13.3 Å². The standard InChI is InChI=1S/C9H16N4/c1-4-5-8-7(2)11-6-13(3)9(8)12-10/h4,12H,1,5-6,10H2,2-3H3. The maximum Gasteiger partial charge on any atom is 0.122 e. The lowest BCUT2D eigenvalue weighted by Crippen LogP contribution is -2.38. The van der Waals surface area contributed by atoms with Gasteiger partial charge in [0, 0.05) is 18.3 Å². The van der Waals surface area contributed by atoms with Gasteiger partial charge >= 0.3 is 0 Å². The number of nitrogens with one attached hydrogen (secondary N) is 1. The zero-order chi connectivity index (χ0) is 9.84. The number of hydrogen-bond donors (Lipinski definition) is 2. The Hall–Kier alpha value is -1.29. The number of aliphatic imine (C=N–C) groups is 1. The molecule has 0 unspecified atom stereocenters. The third-order valence-corrected chi connectivity index (χ3v) is 2.11. The van der Waals surface area contributed by atoms with Crippen LogP contribution in [-0.2, 0) is 0 Å². The molecule has 4 nitrogen and oxygen atoms in total. The van der Waals surface area contributed by atoms with Gasteiger partial charge in [0.1, 0.15) is 12.5 Å². The number of hydrogen-bond acceptors (Lipinski definition) is 4. The summed E-state index contributed by atoms with van der Waals surface area (Å²) in [6.07, 6.45) is 2.64. The van der Waals surface area contributed by atoms with Gasteiger partial charge in [-0.15, -0.1) is 6.58 Å². The third kappa shape index (κ3) is 1.89. The molecule has 72 valence electrons. The second kappa shape index (κ2) is 4.09. The molecular weight excluding hydrogens is 164 g/mol. The van der Waals surface area contributed by atoms with Gasteiger partial charge < -0.3 is 10.3 Å². The summed E-state index contributed by atoms with van der Waals surface area (Å²) in [5, 5.41) is 0. The lowest BCUT2D eigenvalue weighted by Gasteiger charge is -2.27. The van der Waals surface area contributed by atoms with Crippen LogP contribution in [0.3, 0.4) is 0 Å². The van der Waals surface area contributed by atoms with E-state index in [2.05, 4.69) is 17.0 Å². The van der Waals surface area contributed by atoms with E-state index in [0.29, 0.717) is 6.67 Å². The molecule has 0 fully saturated rings. The molecule has 0 aromatic heterocycles. The summed E-state index contributed by atoms with van der Waals surface area (Å²) in [4.78, 5) is 6.33. The van der Waals surface area contributed by atoms with Gasteiger partial charge in [0.2, 0.25) is 0 Å². The van der Waals surface area contributed by atoms with E-state index in [1.807, 2.05) is 24.9 Å². The van der Waals surface area contributed by atoms with Crippen LogP contribution in [0.1, 0.15) is 13.3 Å². The second-order valence-electron chi connectivity index (χ2n) is 3.05. The Morgan fingerprint density at radius 3 is 3.00 bits per heavy atom. The summed E-state index contributed by atoms with van der Waals surface area (Å²) in [5.41, 5.74) is 4.85. The molecule has 1 rings (SSSR count). The first-order chi connectivity index (χ1) is 6.20. The molecule has 13 heavy (non-hydrogen) atoms. The van der Waals surface area contributed by atoms with E-state index in [1.165, 1.54) is 0 Å². The average molecular weight is 180 g/mol. The zero-order valence-electron chi connectivity index (χ0n) is 8.17. The van der Waals surface area contributed by atoms with Gasteiger partial charge in [-0.2, -0.15) is 0 Å². The molecule has 0 saturated carbocycles. The summed E-state index contributed by atoms with van der Waals surface area (Å²) in [6.45, 7) is 6.35. The van der Waals surface area contributed by atoms with Crippen molar-refractivity contribution in [3.8, 4) is 0 Å². The molecule has 4 heteroatoms. The van der Waals surface area contributed by atoms with Gasteiger partial charge in [-0.3, -0.25) is 4.99 Å². The minimum absolute atomic E-state index is 0.659. The average Bonchev–Trinajstić information content (AvgIpc) is 2.12. The van der Waals surface area contributed by atoms with Gasteiger partial charge in [0.25, 0.3) is 0 Å². The van der Waals surface area contributed by atoms with Gasteiger partial charge in [-0.25, -0.2) is 5.84 Å². The van der Waals surface area contributed by atoms with E-state index in [9.17, 15) is 0 Å². The van der Waals surface area contributed by atoms with Crippen LogP contribution >= 0.6 is 0 Å². The van der Waals surface area contributed by atoms with Crippen molar-refractivity contribution < 1.29 is 0 Å². The SMILES string of the molecule is C=CCC1=C(NN)N(C)CN=C1C. The zero-order valence-corrected chi connectivity index (χ0v) is 8.17. The highest BCUT2D eigenvalue weighted by Gasteiger charge is 2.15. The van der Waals surface area contributed by atoms with E-state index < -0.39 is 0 Å². The summed E-state index contributed by atoms with van der Waals surface area (Å²) < 4.78 is 0. The van der Waals surface area contributed by atoms with Gasteiger partial charge in [-0.1, -0.05) is 6.08 Å². The van der Waals surface area contributed by atoms with Crippen LogP contribution in [0, 0.1) is 0 Å². The van der Waals surface area contributed by atoms with Crippen molar-refractivity contribution in [3.63, 3.8) is 0 Å². The quantitative estimate of drug-likeness (QED) is 0.380. The Labute approximate surface area is 78.8 Å². The third-order valence-electron chi connectivity index (χ3n) is 2.11. The van der Waals surface area contributed by atoms with Crippen molar-refractivity contribution in [2.24, 2.45) is 10.8 Å². The molecule has 1 heterocycles. The number of allylic oxidation sites excluding steroid dienone is 2. The minimum Gasteiger partial charge on any atom is -0.341 e. The number of hydrazine groups is 1. The van der Waals surface area contributed by atoms with E-state index in [4.69, 9.17) is 5.84 Å².